The summed E-state index contributed by atoms with van der Waals surface area (Å²) in [7, 11) is -3.69. The number of primary amides is 1. The Hall–Kier alpha value is -1.88. The molecule has 4 N–H and O–H groups in total. The van der Waals surface area contributed by atoms with E-state index in [0.717, 1.165) is 0 Å². The first kappa shape index (κ1) is 17.2. The Morgan fingerprint density at radius 1 is 1.33 bits per heavy atom. The Balaban J connectivity index is 2.83. The third-order valence-corrected chi connectivity index (χ3v) is 4.05. The number of carbonyl (C=O) groups excluding carboxylic acids is 1. The molecule has 0 heterocycles. The van der Waals surface area contributed by atoms with Crippen molar-refractivity contribution in [2.75, 3.05) is 13.2 Å². The first-order chi connectivity index (χ1) is 9.97. The van der Waals surface area contributed by atoms with E-state index < -0.39 is 15.9 Å². The van der Waals surface area contributed by atoms with Gasteiger partial charge in [0.2, 0.25) is 15.9 Å². The summed E-state index contributed by atoms with van der Waals surface area (Å²) in [4.78, 5) is 10.7. The smallest absolute Gasteiger partial charge is 0.241 e. The van der Waals surface area contributed by atoms with Crippen LogP contribution >= 0.6 is 0 Å². The summed E-state index contributed by atoms with van der Waals surface area (Å²) in [6.45, 7) is 0.0525. The Labute approximate surface area is 124 Å². The maximum Gasteiger partial charge on any atom is 0.241 e. The van der Waals surface area contributed by atoms with Crippen molar-refractivity contribution >= 4 is 15.9 Å². The fraction of sp³-hybridized carbons (Fsp3) is 0.357. The number of rotatable bonds is 7. The lowest BCUT2D eigenvalue weighted by molar-refractivity contribution is -0.118. The summed E-state index contributed by atoms with van der Waals surface area (Å²) in [6, 6.07) is 6.35. The largest absolute Gasteiger partial charge is 0.395 e. The molecule has 6 nitrogen and oxygen atoms in total. The van der Waals surface area contributed by atoms with Gasteiger partial charge in [0.15, 0.2) is 0 Å². The number of aliphatic hydroxyl groups excluding tert-OH is 1. The Kier molecular flexibility index (Phi) is 6.88. The van der Waals surface area contributed by atoms with Crippen molar-refractivity contribution in [2.24, 2.45) is 5.73 Å². The maximum absolute atomic E-state index is 12.2. The summed E-state index contributed by atoms with van der Waals surface area (Å²) in [5.41, 5.74) is 5.36. The first-order valence-corrected chi connectivity index (χ1v) is 7.92. The Morgan fingerprint density at radius 3 is 2.71 bits per heavy atom. The molecule has 0 aromatic heterocycles. The lowest BCUT2D eigenvalue weighted by atomic mass is 10.2. The van der Waals surface area contributed by atoms with E-state index in [1.54, 1.807) is 18.2 Å². The molecule has 0 aliphatic heterocycles. The van der Waals surface area contributed by atoms with Gasteiger partial charge < -0.3 is 10.8 Å². The van der Waals surface area contributed by atoms with Gasteiger partial charge in [0.1, 0.15) is 0 Å². The van der Waals surface area contributed by atoms with Gasteiger partial charge in [0.25, 0.3) is 0 Å². The van der Waals surface area contributed by atoms with Crippen LogP contribution in [0.3, 0.4) is 0 Å². The van der Waals surface area contributed by atoms with Crippen molar-refractivity contribution in [1.82, 2.24) is 4.72 Å². The Bertz CT molecular complexity index is 644. The fourth-order valence-corrected chi connectivity index (χ4v) is 2.80. The van der Waals surface area contributed by atoms with Gasteiger partial charge in [-0.2, -0.15) is 0 Å². The molecule has 21 heavy (non-hydrogen) atoms. The Morgan fingerprint density at radius 2 is 2.05 bits per heavy atom. The molecule has 0 saturated heterocycles. The molecular weight excluding hydrogens is 292 g/mol. The molecule has 1 aromatic carbocycles. The zero-order valence-corrected chi connectivity index (χ0v) is 12.3. The molecule has 1 aromatic rings. The number of hydrogen-bond acceptors (Lipinski definition) is 4. The van der Waals surface area contributed by atoms with E-state index in [0.29, 0.717) is 12.0 Å². The minimum absolute atomic E-state index is 0.0761. The lowest BCUT2D eigenvalue weighted by Gasteiger charge is -2.08. The summed E-state index contributed by atoms with van der Waals surface area (Å²) in [5.74, 6) is 4.95. The predicted octanol–water partition coefficient (Wildman–Crippen LogP) is -0.0357. The second-order valence-corrected chi connectivity index (χ2v) is 5.97. The number of benzene rings is 1. The predicted molar refractivity (Wildman–Crippen MR) is 78.6 cm³/mol. The van der Waals surface area contributed by atoms with E-state index in [2.05, 4.69) is 16.6 Å². The van der Waals surface area contributed by atoms with Crippen LogP contribution in [0.4, 0.5) is 0 Å². The van der Waals surface area contributed by atoms with Crippen molar-refractivity contribution in [2.45, 2.75) is 24.2 Å². The standard InChI is InChI=1S/C14H18N2O4S/c15-14(18)9-5-10-16-21(19,20)13-8-2-1-6-12(13)7-3-4-11-17/h1-2,6,8,16-17H,4-5,9-11H2,(H2,15,18). The van der Waals surface area contributed by atoms with E-state index in [9.17, 15) is 13.2 Å². The van der Waals surface area contributed by atoms with Gasteiger partial charge in [-0.25, -0.2) is 13.1 Å². The molecule has 0 atom stereocenters. The van der Waals surface area contributed by atoms with E-state index in [-0.39, 0.29) is 30.9 Å². The topological polar surface area (TPSA) is 109 Å². The fourth-order valence-electron chi connectivity index (χ4n) is 1.56. The molecule has 0 spiro atoms. The van der Waals surface area contributed by atoms with Crippen LogP contribution in [0, 0.1) is 11.8 Å². The number of carbonyl (C=O) groups is 1. The van der Waals surface area contributed by atoms with Gasteiger partial charge in [0, 0.05) is 24.9 Å². The number of nitrogens with two attached hydrogens (primary N) is 1. The van der Waals surface area contributed by atoms with E-state index >= 15 is 0 Å². The van der Waals surface area contributed by atoms with Crippen LogP contribution in [0.25, 0.3) is 0 Å². The number of sulfonamides is 1. The molecule has 114 valence electrons. The number of hydrogen-bond donors (Lipinski definition) is 3. The summed E-state index contributed by atoms with van der Waals surface area (Å²) in [5, 5.41) is 8.69. The molecule has 0 unspecified atom stereocenters. The number of nitrogens with one attached hydrogen (secondary N) is 1. The molecule has 0 fully saturated rings. The molecule has 1 amide bonds. The summed E-state index contributed by atoms with van der Waals surface area (Å²) < 4.78 is 26.8. The van der Waals surface area contributed by atoms with Gasteiger partial charge in [-0.3, -0.25) is 4.79 Å². The normalized spacial score (nSPS) is 10.7. The number of amides is 1. The average Bonchev–Trinajstić information content (AvgIpc) is 2.44. The van der Waals surface area contributed by atoms with E-state index in [1.807, 2.05) is 0 Å². The zero-order valence-electron chi connectivity index (χ0n) is 11.5. The maximum atomic E-state index is 12.2. The molecule has 0 radical (unpaired) electrons. The van der Waals surface area contributed by atoms with Crippen LogP contribution in [-0.2, 0) is 14.8 Å². The van der Waals surface area contributed by atoms with Crippen molar-refractivity contribution < 1.29 is 18.3 Å². The van der Waals surface area contributed by atoms with Gasteiger partial charge in [-0.15, -0.1) is 0 Å². The molecule has 0 aliphatic rings. The monoisotopic (exact) mass is 310 g/mol. The van der Waals surface area contributed by atoms with Gasteiger partial charge in [-0.1, -0.05) is 24.0 Å². The van der Waals surface area contributed by atoms with E-state index in [1.165, 1.54) is 6.07 Å². The van der Waals surface area contributed by atoms with Crippen LogP contribution in [-0.4, -0.2) is 32.6 Å². The van der Waals surface area contributed by atoms with Crippen LogP contribution < -0.4 is 10.5 Å². The van der Waals surface area contributed by atoms with Gasteiger partial charge in [0.05, 0.1) is 11.5 Å². The lowest BCUT2D eigenvalue weighted by Crippen LogP contribution is -2.26. The highest BCUT2D eigenvalue weighted by Crippen LogP contribution is 2.14. The third kappa shape index (κ3) is 5.95. The SMILES string of the molecule is NC(=O)CCCNS(=O)(=O)c1ccccc1C#CCCO. The number of aliphatic hydroxyl groups is 1. The second-order valence-electron chi connectivity index (χ2n) is 4.24. The molecule has 0 aliphatic carbocycles. The minimum Gasteiger partial charge on any atom is -0.395 e. The highest BCUT2D eigenvalue weighted by molar-refractivity contribution is 7.89. The molecule has 1 rings (SSSR count). The molecule has 0 saturated carbocycles. The van der Waals surface area contributed by atoms with E-state index in [4.69, 9.17) is 10.8 Å². The second kappa shape index (κ2) is 8.42. The summed E-state index contributed by atoms with van der Waals surface area (Å²) in [6.07, 6.45) is 0.744. The highest BCUT2D eigenvalue weighted by atomic mass is 32.2. The summed E-state index contributed by atoms with van der Waals surface area (Å²) >= 11 is 0. The minimum atomic E-state index is -3.69. The van der Waals surface area contributed by atoms with Crippen molar-refractivity contribution in [1.29, 1.82) is 0 Å². The third-order valence-electron chi connectivity index (χ3n) is 2.53. The van der Waals surface area contributed by atoms with Crippen molar-refractivity contribution in [3.63, 3.8) is 0 Å². The molecule has 0 bridgehead atoms. The van der Waals surface area contributed by atoms with Crippen LogP contribution in [0.5, 0.6) is 0 Å². The molecule has 7 heteroatoms. The average molecular weight is 310 g/mol. The van der Waals surface area contributed by atoms with Crippen molar-refractivity contribution in [3.05, 3.63) is 29.8 Å². The highest BCUT2D eigenvalue weighted by Gasteiger charge is 2.16. The van der Waals surface area contributed by atoms with Crippen LogP contribution in [0.1, 0.15) is 24.8 Å². The molecular formula is C14H18N2O4S. The van der Waals surface area contributed by atoms with Gasteiger partial charge >= 0.3 is 0 Å². The zero-order chi connectivity index (χ0) is 15.7. The first-order valence-electron chi connectivity index (χ1n) is 6.44. The van der Waals surface area contributed by atoms with Crippen LogP contribution in [0.2, 0.25) is 0 Å². The van der Waals surface area contributed by atoms with Crippen molar-refractivity contribution in [3.8, 4) is 11.8 Å². The quantitative estimate of drug-likeness (QED) is 0.485. The van der Waals surface area contributed by atoms with Crippen LogP contribution in [0.15, 0.2) is 29.2 Å². The van der Waals surface area contributed by atoms with Gasteiger partial charge in [-0.05, 0) is 18.6 Å².